The summed E-state index contributed by atoms with van der Waals surface area (Å²) in [4.78, 5) is 4.61. The van der Waals surface area contributed by atoms with Crippen LogP contribution in [-0.2, 0) is 0 Å². The maximum Gasteiger partial charge on any atom is 0.156 e. The van der Waals surface area contributed by atoms with Gasteiger partial charge in [-0.15, -0.1) is 0 Å². The van der Waals surface area contributed by atoms with Gasteiger partial charge in [-0.05, 0) is 38.6 Å². The number of rotatable bonds is 5. The number of hydrogen-bond donors (Lipinski definition) is 1. The predicted molar refractivity (Wildman–Crippen MR) is 91.1 cm³/mol. The molecule has 1 fully saturated rings. The van der Waals surface area contributed by atoms with E-state index in [2.05, 4.69) is 23.8 Å². The van der Waals surface area contributed by atoms with Gasteiger partial charge < -0.3 is 14.7 Å². The summed E-state index contributed by atoms with van der Waals surface area (Å²) in [6.45, 7) is 7.44. The van der Waals surface area contributed by atoms with Gasteiger partial charge >= 0.3 is 0 Å². The first-order valence-corrected chi connectivity index (χ1v) is 8.40. The van der Waals surface area contributed by atoms with Gasteiger partial charge in [-0.2, -0.15) is 0 Å². The fourth-order valence-electron chi connectivity index (χ4n) is 2.85. The van der Waals surface area contributed by atoms with E-state index in [1.165, 1.54) is 0 Å². The van der Waals surface area contributed by atoms with E-state index in [9.17, 15) is 5.11 Å². The van der Waals surface area contributed by atoms with Crippen LogP contribution in [0, 0.1) is 0 Å². The van der Waals surface area contributed by atoms with E-state index in [0.29, 0.717) is 28.4 Å². The molecule has 124 valence electrons. The van der Waals surface area contributed by atoms with Crippen LogP contribution in [0.1, 0.15) is 25.5 Å². The first-order chi connectivity index (χ1) is 10.5. The van der Waals surface area contributed by atoms with E-state index >= 15 is 0 Å². The number of piperazine rings is 1. The lowest BCUT2D eigenvalue weighted by molar-refractivity contribution is 0.0464. The van der Waals surface area contributed by atoms with Crippen LogP contribution in [0.25, 0.3) is 0 Å². The standard InChI is InChI=1S/C16H24Cl2N2O2/c1-4-22-16-13(17)7-12(8-14(16)18)15(10-21)20-6-5-19(3)11(2)9-20/h7-8,11,15,21H,4-6,9-10H2,1-3H3. The highest BCUT2D eigenvalue weighted by molar-refractivity contribution is 6.37. The average molecular weight is 347 g/mol. The minimum absolute atomic E-state index is 0.0388. The summed E-state index contributed by atoms with van der Waals surface area (Å²) in [6.07, 6.45) is 0. The monoisotopic (exact) mass is 346 g/mol. The van der Waals surface area contributed by atoms with Crippen LogP contribution in [-0.4, -0.2) is 60.8 Å². The van der Waals surface area contributed by atoms with Gasteiger partial charge in [-0.25, -0.2) is 0 Å². The second-order valence-electron chi connectivity index (χ2n) is 5.77. The van der Waals surface area contributed by atoms with Crippen molar-refractivity contribution in [1.82, 2.24) is 9.80 Å². The van der Waals surface area contributed by atoms with E-state index in [-0.39, 0.29) is 12.6 Å². The third kappa shape index (κ3) is 3.87. The van der Waals surface area contributed by atoms with Gasteiger partial charge in [0.1, 0.15) is 0 Å². The van der Waals surface area contributed by atoms with Crippen molar-refractivity contribution in [2.24, 2.45) is 0 Å². The Labute approximate surface area is 142 Å². The lowest BCUT2D eigenvalue weighted by Crippen LogP contribution is -2.51. The van der Waals surface area contributed by atoms with Crippen molar-refractivity contribution in [2.75, 3.05) is 39.9 Å². The zero-order valence-electron chi connectivity index (χ0n) is 13.4. The topological polar surface area (TPSA) is 35.9 Å². The van der Waals surface area contributed by atoms with Crippen LogP contribution in [0.3, 0.4) is 0 Å². The quantitative estimate of drug-likeness (QED) is 0.888. The Kier molecular flexibility index (Phi) is 6.36. The fourth-order valence-corrected chi connectivity index (χ4v) is 3.46. The molecular formula is C16H24Cl2N2O2. The molecule has 0 amide bonds. The summed E-state index contributed by atoms with van der Waals surface area (Å²) < 4.78 is 5.47. The second-order valence-corrected chi connectivity index (χ2v) is 6.58. The molecule has 2 atom stereocenters. The number of hydrogen-bond acceptors (Lipinski definition) is 4. The molecule has 0 aliphatic carbocycles. The molecule has 2 unspecified atom stereocenters. The van der Waals surface area contributed by atoms with Crippen LogP contribution in [0.15, 0.2) is 12.1 Å². The number of ether oxygens (including phenoxy) is 1. The van der Waals surface area contributed by atoms with E-state index in [1.54, 1.807) is 0 Å². The lowest BCUT2D eigenvalue weighted by Gasteiger charge is -2.41. The van der Waals surface area contributed by atoms with Gasteiger partial charge in [-0.3, -0.25) is 4.90 Å². The highest BCUT2D eigenvalue weighted by Crippen LogP contribution is 2.37. The summed E-state index contributed by atoms with van der Waals surface area (Å²) >= 11 is 12.6. The van der Waals surface area contributed by atoms with Crippen LogP contribution < -0.4 is 4.74 Å². The minimum Gasteiger partial charge on any atom is -0.491 e. The predicted octanol–water partition coefficient (Wildman–Crippen LogP) is 3.06. The number of halogens is 2. The minimum atomic E-state index is -0.0955. The average Bonchev–Trinajstić information content (AvgIpc) is 2.47. The second kappa shape index (κ2) is 7.84. The Balaban J connectivity index is 2.24. The Morgan fingerprint density at radius 1 is 1.32 bits per heavy atom. The van der Waals surface area contributed by atoms with Crippen molar-refractivity contribution in [3.8, 4) is 5.75 Å². The van der Waals surface area contributed by atoms with Gasteiger partial charge in [0.15, 0.2) is 5.75 Å². The SMILES string of the molecule is CCOc1c(Cl)cc(C(CO)N2CCN(C)C(C)C2)cc1Cl. The van der Waals surface area contributed by atoms with Gasteiger partial charge in [0, 0.05) is 25.7 Å². The van der Waals surface area contributed by atoms with E-state index in [0.717, 1.165) is 25.2 Å². The molecule has 1 N–H and O–H groups in total. The fraction of sp³-hybridized carbons (Fsp3) is 0.625. The summed E-state index contributed by atoms with van der Waals surface area (Å²) in [7, 11) is 2.13. The molecule has 6 heteroatoms. The van der Waals surface area contributed by atoms with Crippen molar-refractivity contribution in [1.29, 1.82) is 0 Å². The van der Waals surface area contributed by atoms with Gasteiger partial charge in [0.2, 0.25) is 0 Å². The highest BCUT2D eigenvalue weighted by Gasteiger charge is 2.28. The van der Waals surface area contributed by atoms with Crippen LogP contribution in [0.5, 0.6) is 5.75 Å². The molecule has 0 bridgehead atoms. The molecule has 1 aromatic carbocycles. The molecule has 0 aromatic heterocycles. The molecule has 1 saturated heterocycles. The summed E-state index contributed by atoms with van der Waals surface area (Å²) in [5.74, 6) is 0.512. The third-order valence-electron chi connectivity index (χ3n) is 4.30. The maximum absolute atomic E-state index is 9.87. The largest absolute Gasteiger partial charge is 0.491 e. The molecule has 2 rings (SSSR count). The molecular weight excluding hydrogens is 323 g/mol. The zero-order valence-corrected chi connectivity index (χ0v) is 14.9. The lowest BCUT2D eigenvalue weighted by atomic mass is 10.0. The van der Waals surface area contributed by atoms with Crippen LogP contribution in [0.2, 0.25) is 10.0 Å². The first kappa shape index (κ1) is 17.8. The van der Waals surface area contributed by atoms with Crippen molar-refractivity contribution >= 4 is 23.2 Å². The number of likely N-dealkylation sites (N-methyl/N-ethyl adjacent to an activating group) is 1. The molecule has 1 heterocycles. The third-order valence-corrected chi connectivity index (χ3v) is 4.86. The molecule has 1 aliphatic heterocycles. The summed E-state index contributed by atoms with van der Waals surface area (Å²) in [5, 5.41) is 10.8. The van der Waals surface area contributed by atoms with Crippen LogP contribution >= 0.6 is 23.2 Å². The number of nitrogens with zero attached hydrogens (tertiary/aromatic N) is 2. The Hall–Kier alpha value is -0.520. The number of aliphatic hydroxyl groups excluding tert-OH is 1. The molecule has 4 nitrogen and oxygen atoms in total. The molecule has 22 heavy (non-hydrogen) atoms. The highest BCUT2D eigenvalue weighted by atomic mass is 35.5. The molecule has 0 spiro atoms. The molecule has 0 radical (unpaired) electrons. The summed E-state index contributed by atoms with van der Waals surface area (Å²) in [6, 6.07) is 4.06. The zero-order chi connectivity index (χ0) is 16.3. The van der Waals surface area contributed by atoms with Gasteiger partial charge in [-0.1, -0.05) is 23.2 Å². The van der Waals surface area contributed by atoms with Crippen LogP contribution in [0.4, 0.5) is 0 Å². The Morgan fingerprint density at radius 2 is 1.95 bits per heavy atom. The van der Waals surface area contributed by atoms with Crippen molar-refractivity contribution in [3.05, 3.63) is 27.7 Å². The number of aliphatic hydroxyl groups is 1. The Bertz CT molecular complexity index is 490. The normalized spacial score (nSPS) is 21.8. The molecule has 1 aromatic rings. The Morgan fingerprint density at radius 3 is 2.45 bits per heavy atom. The van der Waals surface area contributed by atoms with Crippen molar-refractivity contribution in [2.45, 2.75) is 25.9 Å². The van der Waals surface area contributed by atoms with Gasteiger partial charge in [0.05, 0.1) is 29.3 Å². The summed E-state index contributed by atoms with van der Waals surface area (Å²) in [5.41, 5.74) is 0.928. The van der Waals surface area contributed by atoms with Crippen molar-refractivity contribution in [3.63, 3.8) is 0 Å². The van der Waals surface area contributed by atoms with Crippen molar-refractivity contribution < 1.29 is 9.84 Å². The maximum atomic E-state index is 9.87. The van der Waals surface area contributed by atoms with E-state index in [1.807, 2.05) is 19.1 Å². The van der Waals surface area contributed by atoms with E-state index < -0.39 is 0 Å². The smallest absolute Gasteiger partial charge is 0.156 e. The van der Waals surface area contributed by atoms with Gasteiger partial charge in [0.25, 0.3) is 0 Å². The number of benzene rings is 1. The molecule has 0 saturated carbocycles. The van der Waals surface area contributed by atoms with E-state index in [4.69, 9.17) is 27.9 Å². The first-order valence-electron chi connectivity index (χ1n) is 7.64. The molecule has 1 aliphatic rings.